The van der Waals surface area contributed by atoms with Crippen LogP contribution < -0.4 is 21.3 Å². The van der Waals surface area contributed by atoms with Crippen molar-refractivity contribution in [3.05, 3.63) is 178 Å². The molecule has 4 aromatic carbocycles. The summed E-state index contributed by atoms with van der Waals surface area (Å²) in [6.45, 7) is 8.57. The first-order chi connectivity index (χ1) is 45.1. The Kier molecular flexibility index (Phi) is 30.9. The minimum absolute atomic E-state index is 0.0653. The van der Waals surface area contributed by atoms with Crippen molar-refractivity contribution >= 4 is 226 Å². The van der Waals surface area contributed by atoms with Gasteiger partial charge in [-0.05, 0) is 144 Å². The number of benzene rings is 4. The van der Waals surface area contributed by atoms with E-state index in [2.05, 4.69) is 91.6 Å². The van der Waals surface area contributed by atoms with Gasteiger partial charge < -0.3 is 60.4 Å². The third-order valence-corrected chi connectivity index (χ3v) is 18.9. The minimum Gasteiger partial charge on any atom is -0.319 e. The van der Waals surface area contributed by atoms with Crippen LogP contribution in [0.15, 0.2) is 81.7 Å². The normalized spacial score (nSPS) is 12.3. The first-order valence-corrected chi connectivity index (χ1v) is 37.5. The third-order valence-electron chi connectivity index (χ3n) is 11.7. The van der Waals surface area contributed by atoms with E-state index in [4.69, 9.17) is 155 Å². The van der Waals surface area contributed by atoms with Crippen molar-refractivity contribution in [1.29, 1.82) is 0 Å². The number of phosphoric acid groups is 4. The minimum atomic E-state index is -4.82. The number of anilines is 4. The smallest absolute Gasteiger partial charge is 0.319 e. The Labute approximate surface area is 620 Å². The van der Waals surface area contributed by atoms with E-state index in [1.54, 1.807) is 72.8 Å². The van der Waals surface area contributed by atoms with Crippen LogP contribution in [-0.4, -0.2) is 102 Å². The van der Waals surface area contributed by atoms with Gasteiger partial charge in [0.25, 0.3) is 23.6 Å². The summed E-state index contributed by atoms with van der Waals surface area (Å²) in [5.74, 6) is -2.73. The molecule has 2 atom stereocenters. The number of amides is 4. The van der Waals surface area contributed by atoms with Gasteiger partial charge in [0, 0.05) is 0 Å². The van der Waals surface area contributed by atoms with Gasteiger partial charge in [-0.1, -0.05) is 140 Å². The van der Waals surface area contributed by atoms with Crippen molar-refractivity contribution in [2.24, 2.45) is 0 Å². The Morgan fingerprint density at radius 3 is 1.03 bits per heavy atom. The Balaban J connectivity index is 0.000000236. The Bertz CT molecular complexity index is 4250. The maximum absolute atomic E-state index is 12.6. The first kappa shape index (κ1) is 84.6. The second-order valence-electron chi connectivity index (χ2n) is 19.3. The van der Waals surface area contributed by atoms with Crippen LogP contribution in [-0.2, 0) is 49.8 Å². The lowest BCUT2D eigenvalue weighted by molar-refractivity contribution is 0.0801. The van der Waals surface area contributed by atoms with E-state index in [0.29, 0.717) is 42.8 Å². The van der Waals surface area contributed by atoms with Gasteiger partial charge in [-0.25, -0.2) is 37.0 Å². The lowest BCUT2D eigenvalue weighted by atomic mass is 10.2. The number of aromatic nitrogens is 8. The zero-order valence-electron chi connectivity index (χ0n) is 49.9. The average Bonchev–Trinajstić information content (AvgIpc) is 1.66. The van der Waals surface area contributed by atoms with E-state index in [0.717, 1.165) is 41.0 Å². The van der Waals surface area contributed by atoms with E-state index in [-0.39, 0.29) is 62.4 Å². The van der Waals surface area contributed by atoms with E-state index < -0.39 is 80.8 Å². The predicted octanol–water partition coefficient (Wildman–Crippen LogP) is 15.2. The molecule has 2 unspecified atom stereocenters. The maximum Gasteiger partial charge on any atom is 0.471 e. The molecule has 4 amide bonds. The van der Waals surface area contributed by atoms with Crippen molar-refractivity contribution in [2.45, 2.75) is 67.5 Å². The van der Waals surface area contributed by atoms with E-state index in [9.17, 15) is 37.4 Å². The van der Waals surface area contributed by atoms with Crippen molar-refractivity contribution in [3.63, 3.8) is 0 Å². The molecule has 98 heavy (non-hydrogen) atoms. The molecule has 48 heteroatoms. The fourth-order valence-corrected chi connectivity index (χ4v) is 12.2. The molecule has 12 N–H and O–H groups in total. The van der Waals surface area contributed by atoms with Crippen LogP contribution in [0.3, 0.4) is 0 Å². The van der Waals surface area contributed by atoms with Gasteiger partial charge in [0.2, 0.25) is 0 Å². The maximum atomic E-state index is 12.6. The summed E-state index contributed by atoms with van der Waals surface area (Å²) < 4.78 is 65.2. The molecule has 8 rings (SSSR count). The monoisotopic (exact) mass is 1770 g/mol. The third kappa shape index (κ3) is 25.1. The van der Waals surface area contributed by atoms with Crippen LogP contribution in [0.5, 0.6) is 0 Å². The molecule has 0 bridgehead atoms. The molecule has 0 fully saturated rings. The summed E-state index contributed by atoms with van der Waals surface area (Å²) >= 11 is 65.8. The van der Waals surface area contributed by atoms with Gasteiger partial charge >= 0.3 is 31.3 Å². The number of carbonyl (C=O) groups is 4. The molecule has 0 saturated heterocycles. The molecule has 0 saturated carbocycles. The Hall–Kier alpha value is -4.10. The van der Waals surface area contributed by atoms with Crippen molar-refractivity contribution in [3.8, 4) is 0 Å². The number of phosphoric ester groups is 4. The lowest BCUT2D eigenvalue weighted by Crippen LogP contribution is -2.21. The SMILES string of the molecule is Cc1ccc(NC(=O)c2c(Br)c(Cl)nn2C(C)OP(=O)(O)O)c(Cl)c1.Cc1ccc(NC(=O)c2c(Br)c(Cl)nn2COP(=O)(O)O)c(Cl)c1.Cc1ccc(NC(=O)c2c(Cl)c(Cl)nn2C(C)OP(=O)(O)O)c(Cl)c1.Cc1ccc(NC(=O)c2c(Cl)c(Cl)nn2COP(=O)(O)O)c(Cl)c1. The highest BCUT2D eigenvalue weighted by Crippen LogP contribution is 2.44. The standard InChI is InChI=1S/C13H13BrCl2N3O5P.C13H13Cl3N3O5P.C12H11BrCl2N3O5P.C12H11Cl3N3O5P/c1-6-3-4-9(8(15)5-6)17-13(20)11-10(14)12(16)18-19(11)7(2)24-25(21,22)23;1-6-3-4-9(8(14)5-6)17-13(20)11-10(15)12(16)18-19(11)7(2)24-25(21,22)23;1-6-2-3-8(7(14)4-6)16-12(19)10-9(13)11(15)17-18(10)5-23-24(20,21)22;1-6-2-3-8(7(13)4-6)16-12(19)10-9(14)11(15)17-18(10)5-23-24(20,21)22/h2*3-5,7H,1-2H3,(H,17,20)(H2,21,22,23);2*2-4H,5H2,1H3,(H,16,19)(H2,20,21,22). The van der Waals surface area contributed by atoms with Gasteiger partial charge in [-0.3, -0.25) is 37.3 Å². The molecule has 0 radical (unpaired) electrons. The van der Waals surface area contributed by atoms with Gasteiger partial charge in [0.1, 0.15) is 32.8 Å². The predicted molar refractivity (Wildman–Crippen MR) is 373 cm³/mol. The van der Waals surface area contributed by atoms with Crippen LogP contribution in [0.2, 0.25) is 50.7 Å². The number of rotatable bonds is 20. The number of hydrogen-bond donors (Lipinski definition) is 12. The van der Waals surface area contributed by atoms with Crippen molar-refractivity contribution in [1.82, 2.24) is 39.1 Å². The summed E-state index contributed by atoms with van der Waals surface area (Å²) in [4.78, 5) is 121. The molecule has 532 valence electrons. The number of halogens is 12. The largest absolute Gasteiger partial charge is 0.471 e. The molecular formula is C50H48Br2Cl10N12O20P4. The van der Waals surface area contributed by atoms with Crippen LogP contribution in [0.25, 0.3) is 0 Å². The Morgan fingerprint density at radius 2 is 0.684 bits per heavy atom. The number of aryl methyl sites for hydroxylation is 4. The highest BCUT2D eigenvalue weighted by Gasteiger charge is 2.32. The lowest BCUT2D eigenvalue weighted by Gasteiger charge is -2.17. The molecular weight excluding hydrogens is 1730 g/mol. The van der Waals surface area contributed by atoms with Crippen LogP contribution in [0, 0.1) is 27.7 Å². The first-order valence-electron chi connectivity index (χ1n) is 26.0. The topological polar surface area (TPSA) is 455 Å². The number of carbonyl (C=O) groups excluding carboxylic acids is 4. The molecule has 4 aromatic heterocycles. The summed E-state index contributed by atoms with van der Waals surface area (Å²) in [6, 6.07) is 20.1. The fourth-order valence-electron chi connectivity index (χ4n) is 7.51. The van der Waals surface area contributed by atoms with Crippen LogP contribution >= 0.6 is 179 Å². The molecule has 0 spiro atoms. The zero-order valence-corrected chi connectivity index (χ0v) is 64.2. The summed E-state index contributed by atoms with van der Waals surface area (Å²) in [5.41, 5.74) is 4.38. The number of nitrogens with zero attached hydrogens (tertiary/aromatic N) is 8. The molecule has 0 aliphatic rings. The molecule has 32 nitrogen and oxygen atoms in total. The molecule has 4 heterocycles. The van der Waals surface area contributed by atoms with Crippen molar-refractivity contribution in [2.75, 3.05) is 21.3 Å². The second-order valence-corrected chi connectivity index (χ2v) is 29.6. The average molecular weight is 1780 g/mol. The summed E-state index contributed by atoms with van der Waals surface area (Å²) in [6.07, 6.45) is -2.56. The highest BCUT2D eigenvalue weighted by molar-refractivity contribution is 9.11. The highest BCUT2D eigenvalue weighted by atomic mass is 79.9. The number of nitrogens with one attached hydrogen (secondary N) is 4. The van der Waals surface area contributed by atoms with E-state index >= 15 is 0 Å². The van der Waals surface area contributed by atoms with Crippen LogP contribution in [0.1, 0.15) is 90.5 Å². The van der Waals surface area contributed by atoms with E-state index in [1.807, 2.05) is 27.7 Å². The zero-order chi connectivity index (χ0) is 74.0. The van der Waals surface area contributed by atoms with E-state index in [1.165, 1.54) is 13.8 Å². The second kappa shape index (κ2) is 35.9. The van der Waals surface area contributed by atoms with Gasteiger partial charge in [-0.15, -0.1) is 0 Å². The quantitative estimate of drug-likeness (QED) is 0.0315. The molecule has 0 aliphatic heterocycles. The van der Waals surface area contributed by atoms with Gasteiger partial charge in [-0.2, -0.15) is 20.4 Å². The summed E-state index contributed by atoms with van der Waals surface area (Å²) in [5, 5.41) is 25.7. The van der Waals surface area contributed by atoms with Gasteiger partial charge in [0.05, 0.1) is 51.8 Å². The van der Waals surface area contributed by atoms with Gasteiger partial charge in [0.15, 0.2) is 46.5 Å². The number of hydrogen-bond acceptors (Lipinski definition) is 16. The van der Waals surface area contributed by atoms with Crippen LogP contribution in [0.4, 0.5) is 22.7 Å². The fraction of sp³-hybridized carbons (Fsp3) is 0.200. The molecule has 8 aromatic rings. The Morgan fingerprint density at radius 1 is 0.418 bits per heavy atom. The summed E-state index contributed by atoms with van der Waals surface area (Å²) in [7, 11) is -19.1. The molecule has 0 aliphatic carbocycles. The van der Waals surface area contributed by atoms with Crippen molar-refractivity contribution < 1.29 is 94.7 Å².